The van der Waals surface area contributed by atoms with E-state index < -0.39 is 0 Å². The molecule has 5 heteroatoms. The first-order valence-electron chi connectivity index (χ1n) is 9.47. The predicted molar refractivity (Wildman–Crippen MR) is 99.7 cm³/mol. The second kappa shape index (κ2) is 8.00. The first-order chi connectivity index (χ1) is 12.1. The van der Waals surface area contributed by atoms with Crippen molar-refractivity contribution in [2.24, 2.45) is 5.92 Å². The lowest BCUT2D eigenvalue weighted by Crippen LogP contribution is -2.47. The molecule has 0 bridgehead atoms. The molecule has 2 aliphatic heterocycles. The third-order valence-electron chi connectivity index (χ3n) is 5.54. The average Bonchev–Trinajstić information content (AvgIpc) is 2.62. The number of nitrogens with zero attached hydrogens (tertiary/aromatic N) is 2. The molecular weight excluding hydrogens is 314 g/mol. The maximum atomic E-state index is 12.0. The quantitative estimate of drug-likeness (QED) is 0.834. The van der Waals surface area contributed by atoms with Crippen LogP contribution in [0.4, 0.5) is 5.69 Å². The highest BCUT2D eigenvalue weighted by Gasteiger charge is 2.28. The third kappa shape index (κ3) is 4.40. The van der Waals surface area contributed by atoms with E-state index in [0.717, 1.165) is 37.7 Å². The number of hydrogen-bond donors (Lipinski definition) is 1. The predicted octanol–water partition coefficient (Wildman–Crippen LogP) is 2.37. The van der Waals surface area contributed by atoms with Crippen molar-refractivity contribution in [3.05, 3.63) is 29.8 Å². The highest BCUT2D eigenvalue weighted by Crippen LogP contribution is 2.27. The number of nitrogens with one attached hydrogen (secondary N) is 1. The van der Waals surface area contributed by atoms with Gasteiger partial charge < -0.3 is 4.90 Å². The van der Waals surface area contributed by atoms with Gasteiger partial charge in [0.25, 0.3) is 0 Å². The SMILES string of the molecule is CCC(C)CN1CCN(c2ccc(C3CCC(=O)NC3=O)cc2)CC1. The molecule has 25 heavy (non-hydrogen) atoms. The Kier molecular flexibility index (Phi) is 5.74. The van der Waals surface area contributed by atoms with Gasteiger partial charge in [0, 0.05) is 44.8 Å². The number of piperidine rings is 1. The van der Waals surface area contributed by atoms with E-state index in [1.165, 1.54) is 18.7 Å². The maximum Gasteiger partial charge on any atom is 0.234 e. The third-order valence-corrected chi connectivity index (χ3v) is 5.54. The number of rotatable bonds is 5. The fourth-order valence-corrected chi connectivity index (χ4v) is 3.69. The van der Waals surface area contributed by atoms with Crippen molar-refractivity contribution >= 4 is 17.5 Å². The molecule has 1 N–H and O–H groups in total. The second-order valence-corrected chi connectivity index (χ2v) is 7.40. The molecule has 3 rings (SSSR count). The van der Waals surface area contributed by atoms with E-state index >= 15 is 0 Å². The summed E-state index contributed by atoms with van der Waals surface area (Å²) >= 11 is 0. The smallest absolute Gasteiger partial charge is 0.234 e. The molecule has 0 aliphatic carbocycles. The first-order valence-corrected chi connectivity index (χ1v) is 9.47. The Morgan fingerprint density at radius 3 is 2.40 bits per heavy atom. The van der Waals surface area contributed by atoms with Crippen molar-refractivity contribution < 1.29 is 9.59 Å². The van der Waals surface area contributed by atoms with Gasteiger partial charge in [-0.1, -0.05) is 32.4 Å². The number of hydrogen-bond acceptors (Lipinski definition) is 4. The van der Waals surface area contributed by atoms with Gasteiger partial charge in [0.05, 0.1) is 5.92 Å². The summed E-state index contributed by atoms with van der Waals surface area (Å²) in [5.41, 5.74) is 2.23. The van der Waals surface area contributed by atoms with Crippen molar-refractivity contribution in [1.82, 2.24) is 10.2 Å². The van der Waals surface area contributed by atoms with E-state index in [2.05, 4.69) is 41.1 Å². The Labute approximate surface area is 150 Å². The van der Waals surface area contributed by atoms with E-state index in [0.29, 0.717) is 12.8 Å². The number of carbonyl (C=O) groups excluding carboxylic acids is 2. The van der Waals surface area contributed by atoms with Crippen LogP contribution in [-0.4, -0.2) is 49.4 Å². The molecule has 1 aromatic carbocycles. The van der Waals surface area contributed by atoms with Gasteiger partial charge >= 0.3 is 0 Å². The zero-order chi connectivity index (χ0) is 17.8. The van der Waals surface area contributed by atoms with Gasteiger partial charge in [-0.2, -0.15) is 0 Å². The number of piperazine rings is 1. The normalized spacial score (nSPS) is 23.4. The number of imide groups is 1. The number of benzene rings is 1. The van der Waals surface area contributed by atoms with Crippen LogP contribution < -0.4 is 10.2 Å². The lowest BCUT2D eigenvalue weighted by molar-refractivity contribution is -0.134. The summed E-state index contributed by atoms with van der Waals surface area (Å²) in [5, 5.41) is 2.44. The molecule has 0 aromatic heterocycles. The van der Waals surface area contributed by atoms with E-state index in [9.17, 15) is 9.59 Å². The number of amides is 2. The summed E-state index contributed by atoms with van der Waals surface area (Å²) in [6.07, 6.45) is 2.27. The van der Waals surface area contributed by atoms with Gasteiger partial charge in [-0.15, -0.1) is 0 Å². The average molecular weight is 343 g/mol. The van der Waals surface area contributed by atoms with Gasteiger partial charge in [-0.3, -0.25) is 19.8 Å². The van der Waals surface area contributed by atoms with Crippen LogP contribution >= 0.6 is 0 Å². The van der Waals surface area contributed by atoms with E-state index in [1.807, 2.05) is 12.1 Å². The summed E-state index contributed by atoms with van der Waals surface area (Å²) in [7, 11) is 0. The molecule has 2 heterocycles. The van der Waals surface area contributed by atoms with Gasteiger partial charge in [0.2, 0.25) is 11.8 Å². The minimum absolute atomic E-state index is 0.159. The van der Waals surface area contributed by atoms with Crippen LogP contribution in [0, 0.1) is 5.92 Å². The van der Waals surface area contributed by atoms with E-state index in [1.54, 1.807) is 0 Å². The Morgan fingerprint density at radius 2 is 1.80 bits per heavy atom. The largest absolute Gasteiger partial charge is 0.369 e. The van der Waals surface area contributed by atoms with Crippen LogP contribution in [0.15, 0.2) is 24.3 Å². The fourth-order valence-electron chi connectivity index (χ4n) is 3.69. The Bertz CT molecular complexity index is 606. The summed E-state index contributed by atoms with van der Waals surface area (Å²) in [5.74, 6) is 0.245. The summed E-state index contributed by atoms with van der Waals surface area (Å²) < 4.78 is 0. The number of carbonyl (C=O) groups is 2. The zero-order valence-electron chi connectivity index (χ0n) is 15.3. The molecule has 1 aromatic rings. The van der Waals surface area contributed by atoms with Crippen LogP contribution in [-0.2, 0) is 9.59 Å². The zero-order valence-corrected chi connectivity index (χ0v) is 15.3. The van der Waals surface area contributed by atoms with E-state index in [4.69, 9.17) is 0 Å². The van der Waals surface area contributed by atoms with Gasteiger partial charge in [-0.25, -0.2) is 0 Å². The van der Waals surface area contributed by atoms with E-state index in [-0.39, 0.29) is 17.7 Å². The van der Waals surface area contributed by atoms with Crippen LogP contribution in [0.25, 0.3) is 0 Å². The molecule has 5 nitrogen and oxygen atoms in total. The molecule has 2 saturated heterocycles. The standard InChI is InChI=1S/C20H29N3O2/c1-3-15(2)14-22-10-12-23(13-11-22)17-6-4-16(5-7-17)18-8-9-19(24)21-20(18)25/h4-7,15,18H,3,8-14H2,1-2H3,(H,21,24,25). The van der Waals surface area contributed by atoms with Crippen molar-refractivity contribution in [3.63, 3.8) is 0 Å². The molecular formula is C20H29N3O2. The lowest BCUT2D eigenvalue weighted by Gasteiger charge is -2.37. The van der Waals surface area contributed by atoms with Crippen molar-refractivity contribution in [2.75, 3.05) is 37.6 Å². The van der Waals surface area contributed by atoms with Crippen molar-refractivity contribution in [1.29, 1.82) is 0 Å². The molecule has 2 unspecified atom stereocenters. The first kappa shape index (κ1) is 17.9. The van der Waals surface area contributed by atoms with Gasteiger partial charge in [0.15, 0.2) is 0 Å². The number of anilines is 1. The van der Waals surface area contributed by atoms with Crippen LogP contribution in [0.1, 0.15) is 44.6 Å². The Morgan fingerprint density at radius 1 is 1.12 bits per heavy atom. The van der Waals surface area contributed by atoms with Gasteiger partial charge in [-0.05, 0) is 30.0 Å². The minimum Gasteiger partial charge on any atom is -0.369 e. The minimum atomic E-state index is -0.195. The highest BCUT2D eigenvalue weighted by atomic mass is 16.2. The maximum absolute atomic E-state index is 12.0. The van der Waals surface area contributed by atoms with Crippen molar-refractivity contribution in [3.8, 4) is 0 Å². The molecule has 2 amide bonds. The monoisotopic (exact) mass is 343 g/mol. The van der Waals surface area contributed by atoms with Crippen LogP contribution in [0.2, 0.25) is 0 Å². The molecule has 2 aliphatic rings. The van der Waals surface area contributed by atoms with Crippen molar-refractivity contribution in [2.45, 2.75) is 39.0 Å². The van der Waals surface area contributed by atoms with Gasteiger partial charge in [0.1, 0.15) is 0 Å². The summed E-state index contributed by atoms with van der Waals surface area (Å²) in [6, 6.07) is 8.31. The van der Waals surface area contributed by atoms with Crippen LogP contribution in [0.5, 0.6) is 0 Å². The second-order valence-electron chi connectivity index (χ2n) is 7.40. The Balaban J connectivity index is 1.56. The lowest BCUT2D eigenvalue weighted by atomic mass is 9.90. The Hall–Kier alpha value is -1.88. The topological polar surface area (TPSA) is 52.6 Å². The molecule has 2 atom stereocenters. The molecule has 2 fully saturated rings. The summed E-state index contributed by atoms with van der Waals surface area (Å²) in [6.45, 7) is 10.1. The van der Waals surface area contributed by atoms with Crippen LogP contribution in [0.3, 0.4) is 0 Å². The fraction of sp³-hybridized carbons (Fsp3) is 0.600. The highest BCUT2D eigenvalue weighted by molar-refractivity contribution is 6.00. The molecule has 0 radical (unpaired) electrons. The molecule has 0 saturated carbocycles. The molecule has 136 valence electrons. The summed E-state index contributed by atoms with van der Waals surface area (Å²) in [4.78, 5) is 28.2. The molecule has 0 spiro atoms.